The third-order valence-electron chi connectivity index (χ3n) is 4.44. The van der Waals surface area contributed by atoms with Crippen LogP contribution in [-0.2, 0) is 6.42 Å². The smallest absolute Gasteiger partial charge is 0.336 e. The first-order valence-corrected chi connectivity index (χ1v) is 10.3. The number of carboxylic acid groups (broad SMARTS) is 2. The molecule has 2 aromatic rings. The lowest BCUT2D eigenvalue weighted by Crippen LogP contribution is -2.09. The molecule has 3 N–H and O–H groups in total. The fraction of sp³-hybridized carbons (Fsp3) is 0.417. The number of aromatic carboxylic acids is 2. The van der Waals surface area contributed by atoms with Crippen molar-refractivity contribution in [3.8, 4) is 5.75 Å². The van der Waals surface area contributed by atoms with Crippen LogP contribution < -0.4 is 4.74 Å². The van der Waals surface area contributed by atoms with E-state index in [1.807, 2.05) is 12.1 Å². The van der Waals surface area contributed by atoms with E-state index < -0.39 is 18.2 Å². The van der Waals surface area contributed by atoms with Gasteiger partial charge in [-0.15, -0.1) is 0 Å². The van der Waals surface area contributed by atoms with E-state index in [4.69, 9.17) is 20.1 Å². The van der Waals surface area contributed by atoms with Gasteiger partial charge in [0.15, 0.2) is 6.29 Å². The molecule has 2 rings (SSSR count). The minimum absolute atomic E-state index is 0.190. The lowest BCUT2D eigenvalue weighted by molar-refractivity contribution is -0.000321. The summed E-state index contributed by atoms with van der Waals surface area (Å²) < 4.78 is 5.19. The highest BCUT2D eigenvalue weighted by atomic mass is 16.6. The summed E-state index contributed by atoms with van der Waals surface area (Å²) in [6.45, 7) is 3.86. The third kappa shape index (κ3) is 10.1. The van der Waals surface area contributed by atoms with E-state index in [1.165, 1.54) is 68.4 Å². The predicted octanol–water partition coefficient (Wildman–Crippen LogP) is 5.39. The van der Waals surface area contributed by atoms with Gasteiger partial charge in [-0.3, -0.25) is 0 Å². The number of ether oxygens (including phenoxy) is 1. The lowest BCUT2D eigenvalue weighted by atomic mass is 10.0. The standard InChI is InChI=1S/C16H26O2.C8H6O4/c1-3-4-5-6-7-8-9-15-10-12-16(13-11-15)18-14(2)17;9-7(10)5-3-1-2-4-6(5)8(11)12/h10-14,17H,3-9H2,1-2H3;1-4H,(H,9,10)(H,11,12). The van der Waals surface area contributed by atoms with Crippen LogP contribution in [0.15, 0.2) is 48.5 Å². The summed E-state index contributed by atoms with van der Waals surface area (Å²) in [5, 5.41) is 26.2. The van der Waals surface area contributed by atoms with Gasteiger partial charge in [0.2, 0.25) is 0 Å². The molecule has 164 valence electrons. The molecule has 0 saturated heterocycles. The van der Waals surface area contributed by atoms with Crippen LogP contribution in [0.1, 0.15) is 78.7 Å². The molecular weight excluding hydrogens is 384 g/mol. The molecule has 0 aliphatic carbocycles. The number of aliphatic hydroxyl groups excluding tert-OH is 1. The number of hydrogen-bond acceptors (Lipinski definition) is 4. The van der Waals surface area contributed by atoms with Crippen LogP contribution in [0, 0.1) is 0 Å². The van der Waals surface area contributed by atoms with Gasteiger partial charge in [-0.2, -0.15) is 0 Å². The number of rotatable bonds is 11. The molecule has 0 spiro atoms. The summed E-state index contributed by atoms with van der Waals surface area (Å²) in [5.74, 6) is -1.72. The van der Waals surface area contributed by atoms with Crippen LogP contribution in [-0.4, -0.2) is 33.5 Å². The summed E-state index contributed by atoms with van der Waals surface area (Å²) in [5.41, 5.74) is 0.971. The van der Waals surface area contributed by atoms with E-state index in [9.17, 15) is 9.59 Å². The summed E-state index contributed by atoms with van der Waals surface area (Å²) >= 11 is 0. The highest BCUT2D eigenvalue weighted by Crippen LogP contribution is 2.16. The Morgan fingerprint density at radius 2 is 1.33 bits per heavy atom. The van der Waals surface area contributed by atoms with Crippen molar-refractivity contribution >= 4 is 11.9 Å². The number of benzene rings is 2. The van der Waals surface area contributed by atoms with Crippen molar-refractivity contribution in [1.29, 1.82) is 0 Å². The number of aliphatic hydroxyl groups is 1. The first-order valence-electron chi connectivity index (χ1n) is 10.3. The Balaban J connectivity index is 0.000000325. The molecule has 6 heteroatoms. The van der Waals surface area contributed by atoms with E-state index >= 15 is 0 Å². The molecule has 2 aromatic carbocycles. The molecule has 1 unspecified atom stereocenters. The van der Waals surface area contributed by atoms with Crippen molar-refractivity contribution in [3.63, 3.8) is 0 Å². The summed E-state index contributed by atoms with van der Waals surface area (Å²) in [4.78, 5) is 20.9. The van der Waals surface area contributed by atoms with E-state index in [0.717, 1.165) is 12.2 Å². The van der Waals surface area contributed by atoms with Crippen molar-refractivity contribution in [2.24, 2.45) is 0 Å². The second kappa shape index (κ2) is 14.2. The molecule has 0 aliphatic heterocycles. The van der Waals surface area contributed by atoms with Gasteiger partial charge in [0.25, 0.3) is 0 Å². The minimum atomic E-state index is -1.23. The Hall–Kier alpha value is -2.86. The van der Waals surface area contributed by atoms with Crippen LogP contribution in [0.3, 0.4) is 0 Å². The van der Waals surface area contributed by atoms with Crippen LogP contribution >= 0.6 is 0 Å². The molecule has 0 bridgehead atoms. The number of carbonyl (C=O) groups is 2. The molecule has 6 nitrogen and oxygen atoms in total. The highest BCUT2D eigenvalue weighted by Gasteiger charge is 2.13. The van der Waals surface area contributed by atoms with E-state index in [1.54, 1.807) is 6.92 Å². The second-order valence-electron chi connectivity index (χ2n) is 7.03. The summed E-state index contributed by atoms with van der Waals surface area (Å²) in [7, 11) is 0. The van der Waals surface area contributed by atoms with Gasteiger partial charge >= 0.3 is 11.9 Å². The monoisotopic (exact) mass is 416 g/mol. The minimum Gasteiger partial charge on any atom is -0.478 e. The fourth-order valence-corrected chi connectivity index (χ4v) is 2.90. The zero-order valence-electron chi connectivity index (χ0n) is 17.7. The Morgan fingerprint density at radius 1 is 0.833 bits per heavy atom. The Morgan fingerprint density at radius 3 is 1.80 bits per heavy atom. The molecule has 30 heavy (non-hydrogen) atoms. The maximum atomic E-state index is 10.5. The Kier molecular flexibility index (Phi) is 11.9. The first-order chi connectivity index (χ1) is 14.3. The van der Waals surface area contributed by atoms with Gasteiger partial charge in [-0.05, 0) is 49.6 Å². The van der Waals surface area contributed by atoms with Crippen molar-refractivity contribution < 1.29 is 29.6 Å². The maximum absolute atomic E-state index is 10.5. The van der Waals surface area contributed by atoms with E-state index in [0.29, 0.717) is 0 Å². The molecule has 0 heterocycles. The predicted molar refractivity (Wildman–Crippen MR) is 116 cm³/mol. The number of aryl methyl sites for hydroxylation is 1. The molecule has 0 radical (unpaired) electrons. The SMILES string of the molecule is CCCCCCCCc1ccc(OC(C)O)cc1.O=C(O)c1ccccc1C(=O)O. The number of hydrogen-bond donors (Lipinski definition) is 3. The zero-order chi connectivity index (χ0) is 22.4. The summed E-state index contributed by atoms with van der Waals surface area (Å²) in [6, 6.07) is 13.5. The van der Waals surface area contributed by atoms with Crippen LogP contribution in [0.4, 0.5) is 0 Å². The van der Waals surface area contributed by atoms with Gasteiger partial charge < -0.3 is 20.1 Å². The van der Waals surface area contributed by atoms with Gasteiger partial charge in [0.05, 0.1) is 11.1 Å². The van der Waals surface area contributed by atoms with E-state index in [-0.39, 0.29) is 11.1 Å². The van der Waals surface area contributed by atoms with Crippen molar-refractivity contribution in [3.05, 3.63) is 65.2 Å². The molecular formula is C24H32O6. The largest absolute Gasteiger partial charge is 0.478 e. The lowest BCUT2D eigenvalue weighted by Gasteiger charge is -2.09. The molecule has 0 amide bonds. The van der Waals surface area contributed by atoms with Crippen molar-refractivity contribution in [1.82, 2.24) is 0 Å². The fourth-order valence-electron chi connectivity index (χ4n) is 2.90. The van der Waals surface area contributed by atoms with Crippen LogP contribution in [0.2, 0.25) is 0 Å². The topological polar surface area (TPSA) is 104 Å². The average Bonchev–Trinajstić information content (AvgIpc) is 2.72. The molecule has 1 atom stereocenters. The molecule has 0 saturated carbocycles. The van der Waals surface area contributed by atoms with Crippen LogP contribution in [0.5, 0.6) is 5.75 Å². The first kappa shape index (κ1) is 25.2. The maximum Gasteiger partial charge on any atom is 0.336 e. The Bertz CT molecular complexity index is 735. The van der Waals surface area contributed by atoms with Gasteiger partial charge in [0.1, 0.15) is 5.75 Å². The Labute approximate surface area is 178 Å². The molecule has 0 aromatic heterocycles. The zero-order valence-corrected chi connectivity index (χ0v) is 17.7. The number of carboxylic acids is 2. The van der Waals surface area contributed by atoms with Crippen molar-refractivity contribution in [2.45, 2.75) is 65.1 Å². The highest BCUT2D eigenvalue weighted by molar-refractivity contribution is 6.01. The number of unbranched alkanes of at least 4 members (excludes halogenated alkanes) is 5. The van der Waals surface area contributed by atoms with E-state index in [2.05, 4.69) is 19.1 Å². The second-order valence-corrected chi connectivity index (χ2v) is 7.03. The van der Waals surface area contributed by atoms with Gasteiger partial charge in [-0.25, -0.2) is 9.59 Å². The normalized spacial score (nSPS) is 11.2. The van der Waals surface area contributed by atoms with Crippen molar-refractivity contribution in [2.75, 3.05) is 0 Å². The van der Waals surface area contributed by atoms with Gasteiger partial charge in [0, 0.05) is 0 Å². The quantitative estimate of drug-likeness (QED) is 0.335. The van der Waals surface area contributed by atoms with Gasteiger partial charge in [-0.1, -0.05) is 63.3 Å². The van der Waals surface area contributed by atoms with Crippen LogP contribution in [0.25, 0.3) is 0 Å². The average molecular weight is 417 g/mol. The third-order valence-corrected chi connectivity index (χ3v) is 4.44. The molecule has 0 fully saturated rings. The molecule has 0 aliphatic rings. The summed E-state index contributed by atoms with van der Waals surface area (Å²) in [6.07, 6.45) is 8.40.